The molecule has 2 heterocycles. The normalized spacial score (nSPS) is 29.9. The molecule has 0 bridgehead atoms. The number of benzene rings is 1. The van der Waals surface area contributed by atoms with Gasteiger partial charge in [0, 0.05) is 46.1 Å². The number of aliphatic hydroxyl groups excluding tert-OH is 4. The smallest absolute Gasteiger partial charge is 0.335 e. The summed E-state index contributed by atoms with van der Waals surface area (Å²) in [5.74, 6) is 1.72. The molecule has 250 valence electrons. The molecule has 2 aliphatic rings. The number of hydrogen-bond acceptors (Lipinski definition) is 10. The van der Waals surface area contributed by atoms with Crippen LogP contribution in [0.2, 0.25) is 5.02 Å². The molecule has 6 N–H and O–H groups in total. The number of aliphatic carboxylic acids is 2. The molecule has 0 amide bonds. The van der Waals surface area contributed by atoms with E-state index in [2.05, 4.69) is 11.8 Å². The van der Waals surface area contributed by atoms with Crippen molar-refractivity contribution in [3.63, 3.8) is 0 Å². The van der Waals surface area contributed by atoms with Gasteiger partial charge in [-0.2, -0.15) is 0 Å². The highest BCUT2D eigenvalue weighted by Crippen LogP contribution is 2.47. The van der Waals surface area contributed by atoms with E-state index < -0.39 is 72.1 Å². The monoisotopic (exact) mass is 678 g/mol. The molecule has 2 unspecified atom stereocenters. The van der Waals surface area contributed by atoms with Crippen molar-refractivity contribution in [2.75, 3.05) is 0 Å². The Kier molecular flexibility index (Phi) is 12.0. The number of unbranched alkanes of at least 4 members (excludes halogenated alkanes) is 1. The molecule has 2 fully saturated rings. The van der Waals surface area contributed by atoms with E-state index in [1.54, 1.807) is 37.3 Å². The minimum absolute atomic E-state index is 0.0302. The Morgan fingerprint density at radius 2 is 1.85 bits per heavy atom. The molecule has 1 aromatic heterocycles. The Morgan fingerprint density at radius 1 is 1.13 bits per heavy atom. The van der Waals surface area contributed by atoms with Gasteiger partial charge in [-0.05, 0) is 25.3 Å². The second kappa shape index (κ2) is 15.4. The molecule has 13 heteroatoms. The van der Waals surface area contributed by atoms with Crippen LogP contribution in [0.3, 0.4) is 0 Å². The van der Waals surface area contributed by atoms with Gasteiger partial charge in [0.2, 0.25) is 0 Å². The van der Waals surface area contributed by atoms with E-state index in [9.17, 15) is 39.9 Å². The van der Waals surface area contributed by atoms with Crippen molar-refractivity contribution in [2.45, 2.75) is 95.3 Å². The first kappa shape index (κ1) is 36.0. The highest BCUT2D eigenvalue weighted by Gasteiger charge is 2.57. The number of carboxylic acids is 2. The third kappa shape index (κ3) is 7.98. The summed E-state index contributed by atoms with van der Waals surface area (Å²) in [6.45, 7) is 3.27. The van der Waals surface area contributed by atoms with Gasteiger partial charge in [0.1, 0.15) is 24.1 Å². The van der Waals surface area contributed by atoms with Crippen molar-refractivity contribution >= 4 is 50.7 Å². The van der Waals surface area contributed by atoms with Gasteiger partial charge in [0.05, 0.1) is 22.6 Å². The molecular formula is C33H39ClO11S. The summed E-state index contributed by atoms with van der Waals surface area (Å²) in [5, 5.41) is 61.9. The van der Waals surface area contributed by atoms with Crippen LogP contribution < -0.4 is 0 Å². The summed E-state index contributed by atoms with van der Waals surface area (Å²) in [5.41, 5.74) is -1.19. The minimum Gasteiger partial charge on any atom is -0.481 e. The summed E-state index contributed by atoms with van der Waals surface area (Å²) < 4.78 is 12.5. The number of Topliss-reactive ketones (excluding diaryl/α,β-unsaturated/α-hetero) is 1. The van der Waals surface area contributed by atoms with Gasteiger partial charge in [-0.25, -0.2) is 4.79 Å². The predicted octanol–water partition coefficient (Wildman–Crippen LogP) is 3.17. The van der Waals surface area contributed by atoms with E-state index in [-0.39, 0.29) is 18.6 Å². The molecule has 0 radical (unpaired) electrons. The number of hydrogen-bond donors (Lipinski definition) is 6. The van der Waals surface area contributed by atoms with Crippen LogP contribution in [0.5, 0.6) is 0 Å². The quantitative estimate of drug-likeness (QED) is 0.110. The van der Waals surface area contributed by atoms with E-state index in [1.807, 2.05) is 24.3 Å². The number of rotatable bonds is 12. The summed E-state index contributed by atoms with van der Waals surface area (Å²) in [7, 11) is 0. The fourth-order valence-electron chi connectivity index (χ4n) is 5.97. The van der Waals surface area contributed by atoms with Gasteiger partial charge in [0.15, 0.2) is 12.4 Å². The Morgan fingerprint density at radius 3 is 2.52 bits per heavy atom. The van der Waals surface area contributed by atoms with Crippen molar-refractivity contribution in [3.05, 3.63) is 46.3 Å². The van der Waals surface area contributed by atoms with Gasteiger partial charge in [-0.3, -0.25) is 9.59 Å². The number of carboxylic acid groups (broad SMARTS) is 2. The first-order chi connectivity index (χ1) is 21.7. The van der Waals surface area contributed by atoms with Gasteiger partial charge in [-0.1, -0.05) is 55.8 Å². The number of thiophene rings is 1. The molecule has 1 aliphatic heterocycles. The van der Waals surface area contributed by atoms with Crippen molar-refractivity contribution in [3.8, 4) is 11.8 Å². The van der Waals surface area contributed by atoms with Crippen LogP contribution in [-0.4, -0.2) is 91.3 Å². The molecule has 1 saturated carbocycles. The van der Waals surface area contributed by atoms with Crippen LogP contribution in [-0.2, 0) is 30.3 Å². The van der Waals surface area contributed by atoms with Crippen LogP contribution in [0, 0.1) is 29.1 Å². The zero-order chi connectivity index (χ0) is 33.8. The highest BCUT2D eigenvalue weighted by atomic mass is 35.5. The van der Waals surface area contributed by atoms with E-state index in [0.717, 1.165) is 15.0 Å². The number of aliphatic hydroxyl groups is 4. The third-order valence-corrected chi connectivity index (χ3v) is 10.3. The predicted molar refractivity (Wildman–Crippen MR) is 169 cm³/mol. The van der Waals surface area contributed by atoms with Crippen molar-refractivity contribution < 1.29 is 54.5 Å². The third-order valence-electron chi connectivity index (χ3n) is 8.55. The summed E-state index contributed by atoms with van der Waals surface area (Å²) in [6.07, 6.45) is -6.30. The highest BCUT2D eigenvalue weighted by molar-refractivity contribution is 7.19. The van der Waals surface area contributed by atoms with Gasteiger partial charge >= 0.3 is 11.9 Å². The lowest BCUT2D eigenvalue weighted by Crippen LogP contribution is -2.61. The zero-order valence-corrected chi connectivity index (χ0v) is 27.0. The number of ether oxygens (including phenoxy) is 2. The van der Waals surface area contributed by atoms with Crippen LogP contribution in [0.1, 0.15) is 50.8 Å². The van der Waals surface area contributed by atoms with Crippen molar-refractivity contribution in [1.29, 1.82) is 0 Å². The largest absolute Gasteiger partial charge is 0.481 e. The fraction of sp³-hybridized carbons (Fsp3) is 0.545. The first-order valence-corrected chi connectivity index (χ1v) is 16.3. The molecule has 4 rings (SSSR count). The minimum atomic E-state index is -1.91. The standard InChI is InChI=1S/C33H39ClO11S/c1-33(2)29(41)18(9-5-3-4-6-12-23(36)37)19(30(33)45-32-27(40)25(38)26(39)28(44-32)31(42)43)15-13-17(35)14-16-22-24(34)20-10-7-8-11-21(20)46-22/h7-8,10-11,13,15,17-19,25-28,30,32,35,38-40H,4,6,9,12,14,16H2,1-2H3,(H,36,37)(H,42,43)/t17?,18-,19-,25+,26+,27-,28+,30+,32?/m1/s1. The second-order valence-electron chi connectivity index (χ2n) is 12.2. The number of fused-ring (bicyclic) bond motifs is 1. The molecular weight excluding hydrogens is 640 g/mol. The van der Waals surface area contributed by atoms with Crippen LogP contribution in [0.25, 0.3) is 10.1 Å². The molecule has 46 heavy (non-hydrogen) atoms. The summed E-state index contributed by atoms with van der Waals surface area (Å²) in [4.78, 5) is 37.1. The van der Waals surface area contributed by atoms with Gasteiger partial charge in [-0.15, -0.1) is 23.2 Å². The summed E-state index contributed by atoms with van der Waals surface area (Å²) in [6, 6.07) is 7.75. The number of ketones is 1. The Labute approximate surface area is 275 Å². The molecule has 1 aromatic carbocycles. The average Bonchev–Trinajstić information content (AvgIpc) is 3.42. The fourth-order valence-corrected chi connectivity index (χ4v) is 7.52. The lowest BCUT2D eigenvalue weighted by atomic mass is 9.86. The van der Waals surface area contributed by atoms with Crippen molar-refractivity contribution in [1.82, 2.24) is 0 Å². The van der Waals surface area contributed by atoms with Gasteiger partial charge < -0.3 is 40.1 Å². The van der Waals surface area contributed by atoms with Crippen LogP contribution >= 0.6 is 22.9 Å². The SMILES string of the molecule is CC1(C)C(=O)[C@H](CC#CCCCC(=O)O)[C@@H](C=CC(O)CCc2sc3ccccc3c2Cl)[C@@H]1OC1O[C@H](C(=O)O)[C@@H](O)[C@H](O)[C@H]1O. The molecule has 11 nitrogen and oxygen atoms in total. The zero-order valence-electron chi connectivity index (χ0n) is 25.4. The lowest BCUT2D eigenvalue weighted by Gasteiger charge is -2.41. The number of carbonyl (C=O) groups is 3. The number of halogens is 1. The Hall–Kier alpha value is -2.86. The number of aryl methyl sites for hydroxylation is 1. The molecule has 2 aromatic rings. The maximum atomic E-state index is 13.7. The molecule has 1 saturated heterocycles. The van der Waals surface area contributed by atoms with E-state index >= 15 is 0 Å². The maximum absolute atomic E-state index is 13.7. The first-order valence-electron chi connectivity index (χ1n) is 15.1. The van der Waals surface area contributed by atoms with Crippen molar-refractivity contribution in [2.24, 2.45) is 17.3 Å². The van der Waals surface area contributed by atoms with E-state index in [1.165, 1.54) is 0 Å². The van der Waals surface area contributed by atoms with E-state index in [0.29, 0.717) is 30.7 Å². The Bertz CT molecular complexity index is 1510. The molecule has 0 spiro atoms. The van der Waals surface area contributed by atoms with Gasteiger partial charge in [0.25, 0.3) is 0 Å². The van der Waals surface area contributed by atoms with Crippen LogP contribution in [0.15, 0.2) is 36.4 Å². The second-order valence-corrected chi connectivity index (χ2v) is 13.7. The number of carbonyl (C=O) groups excluding carboxylic acids is 1. The molecule has 9 atom stereocenters. The maximum Gasteiger partial charge on any atom is 0.335 e. The average molecular weight is 679 g/mol. The lowest BCUT2D eigenvalue weighted by molar-refractivity contribution is -0.311. The summed E-state index contributed by atoms with van der Waals surface area (Å²) >= 11 is 8.12. The van der Waals surface area contributed by atoms with Crippen LogP contribution in [0.4, 0.5) is 0 Å². The van der Waals surface area contributed by atoms with E-state index in [4.69, 9.17) is 26.2 Å². The molecule has 1 aliphatic carbocycles. The topological polar surface area (TPSA) is 191 Å². The Balaban J connectivity index is 1.55.